The third-order valence-corrected chi connectivity index (χ3v) is 4.04. The van der Waals surface area contributed by atoms with Gasteiger partial charge in [-0.1, -0.05) is 12.2 Å². The Morgan fingerprint density at radius 2 is 2.14 bits per heavy atom. The zero-order valence-electron chi connectivity index (χ0n) is 12.5. The van der Waals surface area contributed by atoms with Crippen LogP contribution in [0.25, 0.3) is 0 Å². The van der Waals surface area contributed by atoms with E-state index in [-0.39, 0.29) is 31.0 Å². The van der Waals surface area contributed by atoms with Crippen molar-refractivity contribution in [3.05, 3.63) is 12.2 Å². The number of hydrogen-bond donors (Lipinski definition) is 3. The van der Waals surface area contributed by atoms with Crippen LogP contribution in [0.15, 0.2) is 12.2 Å². The maximum atomic E-state index is 12.2. The first-order valence-electron chi connectivity index (χ1n) is 7.71. The van der Waals surface area contributed by atoms with Crippen molar-refractivity contribution in [2.45, 2.75) is 44.2 Å². The lowest BCUT2D eigenvalue weighted by Crippen LogP contribution is -2.51. The van der Waals surface area contributed by atoms with E-state index >= 15 is 0 Å². The van der Waals surface area contributed by atoms with E-state index in [4.69, 9.17) is 5.11 Å². The molecule has 6 nitrogen and oxygen atoms in total. The van der Waals surface area contributed by atoms with Gasteiger partial charge in [-0.3, -0.25) is 4.79 Å². The van der Waals surface area contributed by atoms with Crippen molar-refractivity contribution in [2.75, 3.05) is 20.2 Å². The highest BCUT2D eigenvalue weighted by atomic mass is 16.3. The Balaban J connectivity index is 2.01. The molecule has 3 unspecified atom stereocenters. The van der Waals surface area contributed by atoms with Crippen LogP contribution in [0, 0.1) is 5.92 Å². The Kier molecular flexibility index (Phi) is 5.61. The van der Waals surface area contributed by atoms with Crippen molar-refractivity contribution in [1.82, 2.24) is 15.5 Å². The average molecular weight is 295 g/mol. The summed E-state index contributed by atoms with van der Waals surface area (Å²) in [5, 5.41) is 14.7. The summed E-state index contributed by atoms with van der Waals surface area (Å²) in [6, 6.07) is -0.755. The zero-order valence-corrected chi connectivity index (χ0v) is 12.5. The van der Waals surface area contributed by atoms with Crippen LogP contribution in [-0.2, 0) is 4.79 Å². The minimum absolute atomic E-state index is 0.129. The van der Waals surface area contributed by atoms with E-state index in [0.717, 1.165) is 25.7 Å². The fraction of sp³-hybridized carbons (Fsp3) is 0.733. The number of aliphatic hydroxyl groups excluding tert-OH is 1. The Hall–Kier alpha value is -1.56. The molecular weight excluding hydrogens is 270 g/mol. The van der Waals surface area contributed by atoms with E-state index in [1.165, 1.54) is 0 Å². The molecule has 2 rings (SSSR count). The molecule has 1 heterocycles. The van der Waals surface area contributed by atoms with Gasteiger partial charge in [-0.2, -0.15) is 0 Å². The molecule has 2 aliphatic rings. The summed E-state index contributed by atoms with van der Waals surface area (Å²) in [7, 11) is 1.72. The van der Waals surface area contributed by atoms with Gasteiger partial charge in [0.2, 0.25) is 5.91 Å². The molecular formula is C15H25N3O3. The summed E-state index contributed by atoms with van der Waals surface area (Å²) in [5.41, 5.74) is 0. The number of carbonyl (C=O) groups is 2. The molecule has 0 spiro atoms. The minimum Gasteiger partial charge on any atom is -0.396 e. The van der Waals surface area contributed by atoms with Crippen LogP contribution in [-0.4, -0.2) is 54.2 Å². The maximum Gasteiger partial charge on any atom is 0.317 e. The molecule has 3 N–H and O–H groups in total. The molecule has 118 valence electrons. The zero-order chi connectivity index (χ0) is 15.2. The summed E-state index contributed by atoms with van der Waals surface area (Å²) in [5.74, 6) is 0.216. The number of aliphatic hydroxyl groups is 1. The van der Waals surface area contributed by atoms with E-state index in [9.17, 15) is 9.59 Å². The fourth-order valence-electron chi connectivity index (χ4n) is 2.52. The topological polar surface area (TPSA) is 81.7 Å². The smallest absolute Gasteiger partial charge is 0.317 e. The second kappa shape index (κ2) is 7.45. The maximum absolute atomic E-state index is 12.2. The van der Waals surface area contributed by atoms with Crippen LogP contribution in [0.3, 0.4) is 0 Å². The molecule has 3 amide bonds. The first kappa shape index (κ1) is 15.8. The van der Waals surface area contributed by atoms with Gasteiger partial charge in [0.15, 0.2) is 0 Å². The van der Waals surface area contributed by atoms with Crippen LogP contribution in [0.5, 0.6) is 0 Å². The van der Waals surface area contributed by atoms with Gasteiger partial charge in [0.25, 0.3) is 0 Å². The third-order valence-electron chi connectivity index (χ3n) is 4.04. The Bertz CT molecular complexity index is 411. The van der Waals surface area contributed by atoms with Gasteiger partial charge in [0.1, 0.15) is 6.04 Å². The molecule has 0 aromatic carbocycles. The molecule has 6 heteroatoms. The standard InChI is InChI=1S/C15H25N3O3/c1-18-8-5-3-2-4-6-11-10-13(11)16-14(20)12(7-9-19)17-15(18)21/h4,6,11-13,19H,2-3,5,7-10H2,1H3,(H,16,20)(H,17,21)/b6-4+. The van der Waals surface area contributed by atoms with E-state index in [0.29, 0.717) is 12.5 Å². The SMILES string of the molecule is CN1CCCC/C=C/C2CC2NC(=O)C(CCO)NC1=O. The highest BCUT2D eigenvalue weighted by Gasteiger charge is 2.37. The molecule has 0 radical (unpaired) electrons. The van der Waals surface area contributed by atoms with Crippen molar-refractivity contribution in [3.63, 3.8) is 0 Å². The quantitative estimate of drug-likeness (QED) is 0.653. The largest absolute Gasteiger partial charge is 0.396 e. The summed E-state index contributed by atoms with van der Waals surface area (Å²) in [6.45, 7) is 0.537. The van der Waals surface area contributed by atoms with Crippen LogP contribution in [0.4, 0.5) is 4.79 Å². The second-order valence-corrected chi connectivity index (χ2v) is 5.87. The molecule has 1 aliphatic carbocycles. The van der Waals surface area contributed by atoms with Crippen LogP contribution < -0.4 is 10.6 Å². The molecule has 1 fully saturated rings. The van der Waals surface area contributed by atoms with Gasteiger partial charge >= 0.3 is 6.03 Å². The van der Waals surface area contributed by atoms with Gasteiger partial charge in [-0.05, 0) is 38.0 Å². The number of rotatable bonds is 2. The summed E-state index contributed by atoms with van der Waals surface area (Å²) in [6.07, 6.45) is 8.56. The van der Waals surface area contributed by atoms with Crippen LogP contribution >= 0.6 is 0 Å². The van der Waals surface area contributed by atoms with Gasteiger partial charge < -0.3 is 20.6 Å². The molecule has 0 aromatic rings. The molecule has 1 aliphatic heterocycles. The van der Waals surface area contributed by atoms with E-state index in [1.807, 2.05) is 0 Å². The summed E-state index contributed by atoms with van der Waals surface area (Å²) >= 11 is 0. The Morgan fingerprint density at radius 3 is 2.90 bits per heavy atom. The van der Waals surface area contributed by atoms with Crippen LogP contribution in [0.2, 0.25) is 0 Å². The number of allylic oxidation sites excluding steroid dienone is 1. The number of fused-ring (bicyclic) bond motifs is 1. The van der Waals surface area contributed by atoms with Gasteiger partial charge in [0.05, 0.1) is 0 Å². The summed E-state index contributed by atoms with van der Waals surface area (Å²) < 4.78 is 0. The van der Waals surface area contributed by atoms with Gasteiger partial charge in [-0.25, -0.2) is 4.79 Å². The lowest BCUT2D eigenvalue weighted by atomic mass is 10.2. The molecule has 0 aromatic heterocycles. The Morgan fingerprint density at radius 1 is 1.33 bits per heavy atom. The lowest BCUT2D eigenvalue weighted by Gasteiger charge is -2.23. The highest BCUT2D eigenvalue weighted by Crippen LogP contribution is 2.32. The van der Waals surface area contributed by atoms with Crippen molar-refractivity contribution in [3.8, 4) is 0 Å². The van der Waals surface area contributed by atoms with Crippen molar-refractivity contribution < 1.29 is 14.7 Å². The fourth-order valence-corrected chi connectivity index (χ4v) is 2.52. The minimum atomic E-state index is -0.668. The highest BCUT2D eigenvalue weighted by molar-refractivity contribution is 5.87. The Labute approximate surface area is 125 Å². The van der Waals surface area contributed by atoms with E-state index in [2.05, 4.69) is 22.8 Å². The van der Waals surface area contributed by atoms with Crippen molar-refractivity contribution >= 4 is 11.9 Å². The first-order chi connectivity index (χ1) is 10.1. The molecule has 0 saturated heterocycles. The predicted molar refractivity (Wildman–Crippen MR) is 79.7 cm³/mol. The lowest BCUT2D eigenvalue weighted by molar-refractivity contribution is -0.123. The number of amides is 3. The number of hydrogen-bond acceptors (Lipinski definition) is 3. The number of urea groups is 1. The molecule has 1 saturated carbocycles. The average Bonchev–Trinajstić information content (AvgIpc) is 3.18. The predicted octanol–water partition coefficient (Wildman–Crippen LogP) is 0.624. The number of nitrogens with one attached hydrogen (secondary N) is 2. The molecule has 21 heavy (non-hydrogen) atoms. The van der Waals surface area contributed by atoms with Crippen LogP contribution in [0.1, 0.15) is 32.1 Å². The molecule has 0 bridgehead atoms. The number of nitrogens with zero attached hydrogens (tertiary/aromatic N) is 1. The molecule has 3 atom stereocenters. The van der Waals surface area contributed by atoms with E-state index in [1.54, 1.807) is 11.9 Å². The monoisotopic (exact) mass is 295 g/mol. The van der Waals surface area contributed by atoms with Crippen molar-refractivity contribution in [1.29, 1.82) is 0 Å². The third kappa shape index (κ3) is 4.74. The van der Waals surface area contributed by atoms with Crippen molar-refractivity contribution in [2.24, 2.45) is 5.92 Å². The van der Waals surface area contributed by atoms with Gasteiger partial charge in [-0.15, -0.1) is 0 Å². The number of carbonyl (C=O) groups excluding carboxylic acids is 2. The summed E-state index contributed by atoms with van der Waals surface area (Å²) in [4.78, 5) is 25.8. The normalized spacial score (nSPS) is 32.5. The van der Waals surface area contributed by atoms with Gasteiger partial charge in [0, 0.05) is 26.2 Å². The first-order valence-corrected chi connectivity index (χ1v) is 7.71. The second-order valence-electron chi connectivity index (χ2n) is 5.87. The van der Waals surface area contributed by atoms with E-state index < -0.39 is 6.04 Å².